The number of nitrogens with zero attached hydrogens (tertiary/aromatic N) is 1. The van der Waals surface area contributed by atoms with Crippen LogP contribution in [0.15, 0.2) is 28.7 Å². The van der Waals surface area contributed by atoms with E-state index in [1.54, 1.807) is 0 Å². The summed E-state index contributed by atoms with van der Waals surface area (Å²) in [7, 11) is -2.86. The van der Waals surface area contributed by atoms with Gasteiger partial charge in [0.2, 0.25) is 0 Å². The number of halogens is 1. The SMILES string of the molecule is CS(=O)(=O)CCCN1CCOC(c2cccc(Br)c2)C1. The second-order valence-corrected chi connectivity index (χ2v) is 8.37. The zero-order chi connectivity index (χ0) is 14.6. The average molecular weight is 362 g/mol. The van der Waals surface area contributed by atoms with Crippen molar-refractivity contribution in [1.82, 2.24) is 4.90 Å². The quantitative estimate of drug-likeness (QED) is 0.806. The first-order chi connectivity index (χ1) is 9.44. The Morgan fingerprint density at radius 3 is 2.95 bits per heavy atom. The second kappa shape index (κ2) is 7.02. The number of morpholine rings is 1. The zero-order valence-corrected chi connectivity index (χ0v) is 14.0. The molecule has 1 unspecified atom stereocenters. The van der Waals surface area contributed by atoms with Crippen LogP contribution in [0.1, 0.15) is 18.1 Å². The first-order valence-corrected chi connectivity index (χ1v) is 9.56. The summed E-state index contributed by atoms with van der Waals surface area (Å²) in [5.74, 6) is 0.256. The standard InChI is InChI=1S/C14H20BrNO3S/c1-20(17,18)9-3-6-16-7-8-19-14(11-16)12-4-2-5-13(15)10-12/h2,4-5,10,14H,3,6-9,11H2,1H3. The third-order valence-corrected chi connectivity index (χ3v) is 4.88. The molecule has 0 spiro atoms. The molecule has 0 bridgehead atoms. The van der Waals surface area contributed by atoms with Crippen molar-refractivity contribution in [3.8, 4) is 0 Å². The van der Waals surface area contributed by atoms with Gasteiger partial charge in [-0.1, -0.05) is 28.1 Å². The van der Waals surface area contributed by atoms with Gasteiger partial charge in [0.05, 0.1) is 18.5 Å². The van der Waals surface area contributed by atoms with Crippen molar-refractivity contribution < 1.29 is 13.2 Å². The third-order valence-electron chi connectivity index (χ3n) is 3.36. The van der Waals surface area contributed by atoms with E-state index in [1.165, 1.54) is 6.26 Å². The summed E-state index contributed by atoms with van der Waals surface area (Å²) in [5, 5.41) is 0. The summed E-state index contributed by atoms with van der Waals surface area (Å²) in [6.07, 6.45) is 2.04. The molecule has 6 heteroatoms. The Labute approximate surface area is 129 Å². The Morgan fingerprint density at radius 1 is 1.45 bits per heavy atom. The van der Waals surface area contributed by atoms with Gasteiger partial charge in [0, 0.05) is 23.8 Å². The van der Waals surface area contributed by atoms with Crippen LogP contribution in [0.3, 0.4) is 0 Å². The summed E-state index contributed by atoms with van der Waals surface area (Å²) in [4.78, 5) is 2.28. The maximum Gasteiger partial charge on any atom is 0.147 e. The van der Waals surface area contributed by atoms with Crippen molar-refractivity contribution in [2.75, 3.05) is 38.2 Å². The van der Waals surface area contributed by atoms with E-state index in [0.29, 0.717) is 13.0 Å². The van der Waals surface area contributed by atoms with E-state index in [4.69, 9.17) is 4.74 Å². The molecule has 1 aliphatic heterocycles. The van der Waals surface area contributed by atoms with E-state index in [2.05, 4.69) is 33.0 Å². The number of hydrogen-bond acceptors (Lipinski definition) is 4. The van der Waals surface area contributed by atoms with Gasteiger partial charge >= 0.3 is 0 Å². The Bertz CT molecular complexity index is 547. The van der Waals surface area contributed by atoms with Crippen LogP contribution < -0.4 is 0 Å². The molecule has 1 aromatic carbocycles. The molecule has 1 aliphatic rings. The van der Waals surface area contributed by atoms with Gasteiger partial charge < -0.3 is 4.74 Å². The van der Waals surface area contributed by atoms with E-state index in [1.807, 2.05) is 12.1 Å². The number of ether oxygens (including phenoxy) is 1. The van der Waals surface area contributed by atoms with Gasteiger partial charge in [0.1, 0.15) is 9.84 Å². The summed E-state index contributed by atoms with van der Waals surface area (Å²) < 4.78 is 29.2. The van der Waals surface area contributed by atoms with Crippen molar-refractivity contribution in [3.05, 3.63) is 34.3 Å². The van der Waals surface area contributed by atoms with Crippen LogP contribution in [0.5, 0.6) is 0 Å². The molecular weight excluding hydrogens is 342 g/mol. The zero-order valence-electron chi connectivity index (χ0n) is 11.6. The Hall–Kier alpha value is -0.430. The van der Waals surface area contributed by atoms with Crippen molar-refractivity contribution in [2.45, 2.75) is 12.5 Å². The predicted molar refractivity (Wildman–Crippen MR) is 83.6 cm³/mol. The van der Waals surface area contributed by atoms with Crippen LogP contribution >= 0.6 is 15.9 Å². The normalized spacial score (nSPS) is 21.0. The lowest BCUT2D eigenvalue weighted by Gasteiger charge is -2.33. The average Bonchev–Trinajstić information content (AvgIpc) is 2.38. The highest BCUT2D eigenvalue weighted by atomic mass is 79.9. The molecule has 1 heterocycles. The van der Waals surface area contributed by atoms with Crippen LogP contribution in [0.2, 0.25) is 0 Å². The molecule has 2 rings (SSSR count). The van der Waals surface area contributed by atoms with Gasteiger partial charge in [-0.25, -0.2) is 8.42 Å². The highest BCUT2D eigenvalue weighted by Crippen LogP contribution is 2.24. The number of rotatable bonds is 5. The lowest BCUT2D eigenvalue weighted by Crippen LogP contribution is -2.39. The monoisotopic (exact) mass is 361 g/mol. The van der Waals surface area contributed by atoms with Gasteiger partial charge in [-0.15, -0.1) is 0 Å². The van der Waals surface area contributed by atoms with Crippen LogP contribution in [-0.4, -0.2) is 51.6 Å². The van der Waals surface area contributed by atoms with Gasteiger partial charge in [-0.2, -0.15) is 0 Å². The topological polar surface area (TPSA) is 46.6 Å². The highest BCUT2D eigenvalue weighted by Gasteiger charge is 2.22. The van der Waals surface area contributed by atoms with Crippen molar-refractivity contribution in [3.63, 3.8) is 0 Å². The molecule has 1 saturated heterocycles. The summed E-state index contributed by atoms with van der Waals surface area (Å²) in [6.45, 7) is 3.19. The van der Waals surface area contributed by atoms with E-state index < -0.39 is 9.84 Å². The summed E-state index contributed by atoms with van der Waals surface area (Å²) in [6, 6.07) is 8.14. The molecule has 1 fully saturated rings. The number of sulfone groups is 1. The summed E-state index contributed by atoms with van der Waals surface area (Å²) in [5.41, 5.74) is 1.16. The molecule has 0 radical (unpaired) electrons. The van der Waals surface area contributed by atoms with Crippen molar-refractivity contribution in [2.24, 2.45) is 0 Å². The lowest BCUT2D eigenvalue weighted by molar-refractivity contribution is -0.0298. The fraction of sp³-hybridized carbons (Fsp3) is 0.571. The Kier molecular flexibility index (Phi) is 5.60. The molecule has 112 valence electrons. The van der Waals surface area contributed by atoms with Crippen molar-refractivity contribution in [1.29, 1.82) is 0 Å². The van der Waals surface area contributed by atoms with E-state index in [-0.39, 0.29) is 11.9 Å². The molecule has 4 nitrogen and oxygen atoms in total. The number of benzene rings is 1. The summed E-state index contributed by atoms with van der Waals surface area (Å²) >= 11 is 3.47. The fourth-order valence-electron chi connectivity index (χ4n) is 2.36. The molecule has 0 aromatic heterocycles. The minimum atomic E-state index is -2.86. The first-order valence-electron chi connectivity index (χ1n) is 6.71. The molecule has 1 atom stereocenters. The Morgan fingerprint density at radius 2 is 2.25 bits per heavy atom. The van der Waals surface area contributed by atoms with Crippen LogP contribution in [0.4, 0.5) is 0 Å². The number of hydrogen-bond donors (Lipinski definition) is 0. The van der Waals surface area contributed by atoms with Gasteiger partial charge in [-0.3, -0.25) is 4.90 Å². The molecule has 0 N–H and O–H groups in total. The maximum atomic E-state index is 11.1. The second-order valence-electron chi connectivity index (χ2n) is 5.20. The van der Waals surface area contributed by atoms with Gasteiger partial charge in [0.25, 0.3) is 0 Å². The molecule has 0 amide bonds. The van der Waals surface area contributed by atoms with Gasteiger partial charge in [-0.05, 0) is 30.7 Å². The minimum absolute atomic E-state index is 0.0690. The van der Waals surface area contributed by atoms with E-state index >= 15 is 0 Å². The van der Waals surface area contributed by atoms with Crippen LogP contribution in [-0.2, 0) is 14.6 Å². The van der Waals surface area contributed by atoms with Gasteiger partial charge in [0.15, 0.2) is 0 Å². The predicted octanol–water partition coefficient (Wildman–Crippen LogP) is 2.26. The molecule has 20 heavy (non-hydrogen) atoms. The maximum absolute atomic E-state index is 11.1. The molecule has 0 aliphatic carbocycles. The minimum Gasteiger partial charge on any atom is -0.371 e. The van der Waals surface area contributed by atoms with Crippen LogP contribution in [0.25, 0.3) is 0 Å². The van der Waals surface area contributed by atoms with E-state index in [0.717, 1.165) is 29.7 Å². The largest absolute Gasteiger partial charge is 0.371 e. The third kappa shape index (κ3) is 5.16. The fourth-order valence-corrected chi connectivity index (χ4v) is 3.43. The molecule has 0 saturated carbocycles. The van der Waals surface area contributed by atoms with E-state index in [9.17, 15) is 8.42 Å². The Balaban J connectivity index is 1.88. The molecular formula is C14H20BrNO3S. The van der Waals surface area contributed by atoms with Crippen LogP contribution in [0, 0.1) is 0 Å². The lowest BCUT2D eigenvalue weighted by atomic mass is 10.1. The first kappa shape index (κ1) is 15.9. The smallest absolute Gasteiger partial charge is 0.147 e. The highest BCUT2D eigenvalue weighted by molar-refractivity contribution is 9.10. The van der Waals surface area contributed by atoms with Crippen molar-refractivity contribution >= 4 is 25.8 Å². The molecule has 1 aromatic rings.